The van der Waals surface area contributed by atoms with Gasteiger partial charge in [-0.2, -0.15) is 0 Å². The molecule has 1 heterocycles. The van der Waals surface area contributed by atoms with Crippen molar-refractivity contribution in [3.05, 3.63) is 0 Å². The maximum absolute atomic E-state index is 12.4. The molecule has 0 aromatic heterocycles. The quantitative estimate of drug-likeness (QED) is 0.830. The second-order valence-corrected chi connectivity index (χ2v) is 6.78. The van der Waals surface area contributed by atoms with Crippen molar-refractivity contribution in [1.82, 2.24) is 5.32 Å². The molecule has 2 aliphatic carbocycles. The molecule has 0 radical (unpaired) electrons. The Balaban J connectivity index is 1.50. The summed E-state index contributed by atoms with van der Waals surface area (Å²) in [5, 5.41) is 3.63. The minimum Gasteiger partial charge on any atom is -0.304 e. The number of carbonyl (C=O) groups is 1. The molecule has 0 spiro atoms. The Labute approximate surface area is 111 Å². The van der Waals surface area contributed by atoms with E-state index in [1.165, 1.54) is 57.8 Å². The highest BCUT2D eigenvalue weighted by Crippen LogP contribution is 2.35. The zero-order valence-corrected chi connectivity index (χ0v) is 11.5. The van der Waals surface area contributed by atoms with E-state index in [4.69, 9.17) is 0 Å². The molecule has 0 aromatic carbocycles. The smallest absolute Gasteiger partial charge is 0.150 e. The minimum absolute atomic E-state index is 0.208. The average molecular weight is 249 g/mol. The lowest BCUT2D eigenvalue weighted by atomic mass is 9.82. The summed E-state index contributed by atoms with van der Waals surface area (Å²) in [6.45, 7) is 0. The maximum atomic E-state index is 12.4. The summed E-state index contributed by atoms with van der Waals surface area (Å²) in [6.07, 6.45) is 14.1. The summed E-state index contributed by atoms with van der Waals surface area (Å²) < 4.78 is 0. The summed E-state index contributed by atoms with van der Waals surface area (Å²) in [5.41, 5.74) is 0. The summed E-state index contributed by atoms with van der Waals surface area (Å²) in [6, 6.07) is 0.874. The lowest BCUT2D eigenvalue weighted by Gasteiger charge is -2.24. The third-order valence-electron chi connectivity index (χ3n) is 5.47. The molecule has 2 saturated carbocycles. The van der Waals surface area contributed by atoms with Gasteiger partial charge in [0.2, 0.25) is 0 Å². The number of rotatable bonds is 3. The van der Waals surface area contributed by atoms with Crippen molar-refractivity contribution in [3.8, 4) is 0 Å². The highest BCUT2D eigenvalue weighted by Gasteiger charge is 2.38. The monoisotopic (exact) mass is 249 g/mol. The minimum atomic E-state index is 0.208. The van der Waals surface area contributed by atoms with Crippen LogP contribution in [-0.2, 0) is 4.79 Å². The highest BCUT2D eigenvalue weighted by atomic mass is 16.1. The lowest BCUT2D eigenvalue weighted by molar-refractivity contribution is -0.122. The summed E-state index contributed by atoms with van der Waals surface area (Å²) >= 11 is 0. The fraction of sp³-hybridized carbons (Fsp3) is 0.938. The molecule has 2 nitrogen and oxygen atoms in total. The van der Waals surface area contributed by atoms with Crippen molar-refractivity contribution in [2.75, 3.05) is 0 Å². The van der Waals surface area contributed by atoms with E-state index in [0.717, 1.165) is 18.8 Å². The van der Waals surface area contributed by atoms with Crippen molar-refractivity contribution in [2.24, 2.45) is 11.8 Å². The van der Waals surface area contributed by atoms with Crippen LogP contribution in [0.3, 0.4) is 0 Å². The van der Waals surface area contributed by atoms with Crippen LogP contribution in [0.2, 0.25) is 0 Å². The fourth-order valence-electron chi connectivity index (χ4n) is 4.38. The maximum Gasteiger partial charge on any atom is 0.150 e. The van der Waals surface area contributed by atoms with E-state index < -0.39 is 0 Å². The van der Waals surface area contributed by atoms with Crippen LogP contribution in [0.5, 0.6) is 0 Å². The highest BCUT2D eigenvalue weighted by molar-refractivity contribution is 5.84. The van der Waals surface area contributed by atoms with E-state index in [1.807, 2.05) is 0 Å². The average Bonchev–Trinajstić information content (AvgIpc) is 2.84. The third-order valence-corrected chi connectivity index (χ3v) is 5.47. The number of fused-ring (bicyclic) bond motifs is 1. The van der Waals surface area contributed by atoms with Gasteiger partial charge in [-0.3, -0.25) is 4.79 Å². The zero-order chi connectivity index (χ0) is 12.4. The molecular weight excluding hydrogens is 222 g/mol. The van der Waals surface area contributed by atoms with Crippen LogP contribution in [0, 0.1) is 11.8 Å². The lowest BCUT2D eigenvalue weighted by Crippen LogP contribution is -2.37. The van der Waals surface area contributed by atoms with Crippen molar-refractivity contribution < 1.29 is 4.79 Å². The van der Waals surface area contributed by atoms with E-state index >= 15 is 0 Å². The topological polar surface area (TPSA) is 29.1 Å². The molecule has 0 amide bonds. The number of carbonyl (C=O) groups excluding carboxylic acids is 1. The van der Waals surface area contributed by atoms with Gasteiger partial charge in [-0.05, 0) is 31.1 Å². The summed E-state index contributed by atoms with van der Waals surface area (Å²) in [4.78, 5) is 12.4. The van der Waals surface area contributed by atoms with Gasteiger partial charge in [-0.1, -0.05) is 44.9 Å². The van der Waals surface area contributed by atoms with Gasteiger partial charge in [0.25, 0.3) is 0 Å². The van der Waals surface area contributed by atoms with Crippen LogP contribution in [0.25, 0.3) is 0 Å². The largest absolute Gasteiger partial charge is 0.304 e. The van der Waals surface area contributed by atoms with Crippen LogP contribution >= 0.6 is 0 Å². The molecule has 3 aliphatic rings. The standard InChI is InChI=1S/C16H27NO/c18-16(10-12-6-2-1-3-7-12)15-11-13-8-4-5-9-14(13)17-15/h12-15,17H,1-11H2. The number of ketones is 1. The molecule has 3 unspecified atom stereocenters. The van der Waals surface area contributed by atoms with Crippen LogP contribution in [0.1, 0.15) is 70.6 Å². The fourth-order valence-corrected chi connectivity index (χ4v) is 4.38. The van der Waals surface area contributed by atoms with E-state index in [2.05, 4.69) is 5.32 Å². The normalized spacial score (nSPS) is 37.4. The Hall–Kier alpha value is -0.370. The van der Waals surface area contributed by atoms with E-state index in [1.54, 1.807) is 0 Å². The second kappa shape index (κ2) is 5.73. The van der Waals surface area contributed by atoms with Crippen LogP contribution in [0.4, 0.5) is 0 Å². The first-order valence-corrected chi connectivity index (χ1v) is 8.11. The van der Waals surface area contributed by atoms with Crippen molar-refractivity contribution in [1.29, 1.82) is 0 Å². The van der Waals surface area contributed by atoms with Gasteiger partial charge in [0, 0.05) is 12.5 Å². The van der Waals surface area contributed by atoms with Crippen molar-refractivity contribution >= 4 is 5.78 Å². The molecule has 18 heavy (non-hydrogen) atoms. The van der Waals surface area contributed by atoms with E-state index in [9.17, 15) is 4.79 Å². The van der Waals surface area contributed by atoms with Gasteiger partial charge in [-0.15, -0.1) is 0 Å². The Morgan fingerprint density at radius 2 is 1.67 bits per heavy atom. The van der Waals surface area contributed by atoms with Gasteiger partial charge < -0.3 is 5.32 Å². The van der Waals surface area contributed by atoms with Gasteiger partial charge in [-0.25, -0.2) is 0 Å². The molecule has 0 bridgehead atoms. The van der Waals surface area contributed by atoms with Gasteiger partial charge >= 0.3 is 0 Å². The number of hydrogen-bond acceptors (Lipinski definition) is 2. The molecule has 0 aromatic rings. The molecule has 102 valence electrons. The van der Waals surface area contributed by atoms with Gasteiger partial charge in [0.05, 0.1) is 6.04 Å². The van der Waals surface area contributed by atoms with E-state index in [0.29, 0.717) is 17.7 Å². The molecule has 3 rings (SSSR count). The SMILES string of the molecule is O=C(CC1CCCCC1)C1CC2CCCCC2N1. The number of nitrogens with one attached hydrogen (secondary N) is 1. The predicted molar refractivity (Wildman–Crippen MR) is 73.5 cm³/mol. The van der Waals surface area contributed by atoms with Crippen LogP contribution in [-0.4, -0.2) is 17.9 Å². The Morgan fingerprint density at radius 1 is 0.944 bits per heavy atom. The van der Waals surface area contributed by atoms with E-state index in [-0.39, 0.29) is 6.04 Å². The van der Waals surface area contributed by atoms with Crippen LogP contribution < -0.4 is 5.32 Å². The molecular formula is C16H27NO. The molecule has 1 aliphatic heterocycles. The number of Topliss-reactive ketones (excluding diaryl/α,β-unsaturated/α-hetero) is 1. The Bertz CT molecular complexity index is 281. The first-order chi connectivity index (χ1) is 8.83. The first-order valence-electron chi connectivity index (χ1n) is 8.11. The predicted octanol–water partition coefficient (Wildman–Crippen LogP) is 3.45. The van der Waals surface area contributed by atoms with Crippen LogP contribution in [0.15, 0.2) is 0 Å². The molecule has 3 atom stereocenters. The summed E-state index contributed by atoms with van der Waals surface area (Å²) in [7, 11) is 0. The zero-order valence-electron chi connectivity index (χ0n) is 11.5. The van der Waals surface area contributed by atoms with Crippen molar-refractivity contribution in [3.63, 3.8) is 0 Å². The molecule has 3 fully saturated rings. The van der Waals surface area contributed by atoms with Gasteiger partial charge in [0.15, 0.2) is 0 Å². The Kier molecular flexibility index (Phi) is 4.03. The molecule has 1 saturated heterocycles. The second-order valence-electron chi connectivity index (χ2n) is 6.78. The van der Waals surface area contributed by atoms with Crippen molar-refractivity contribution in [2.45, 2.75) is 82.7 Å². The molecule has 1 N–H and O–H groups in total. The summed E-state index contributed by atoms with van der Waals surface area (Å²) in [5.74, 6) is 2.03. The number of hydrogen-bond donors (Lipinski definition) is 1. The molecule has 2 heteroatoms. The van der Waals surface area contributed by atoms with Gasteiger partial charge in [0.1, 0.15) is 5.78 Å². The Morgan fingerprint density at radius 3 is 2.44 bits per heavy atom. The third kappa shape index (κ3) is 2.79. The first kappa shape index (κ1) is 12.7.